The van der Waals surface area contributed by atoms with Gasteiger partial charge in [0.2, 0.25) is 0 Å². The summed E-state index contributed by atoms with van der Waals surface area (Å²) in [4.78, 5) is 0. The van der Waals surface area contributed by atoms with Crippen LogP contribution in [0.2, 0.25) is 0 Å². The fraction of sp³-hybridized carbons (Fsp3) is 0.333. The second-order valence-electron chi connectivity index (χ2n) is 5.64. The molecule has 2 aromatic rings. The largest absolute Gasteiger partial charge is 0.309 e. The van der Waals surface area contributed by atoms with Crippen LogP contribution in [-0.2, 0) is 0 Å². The van der Waals surface area contributed by atoms with Crippen molar-refractivity contribution >= 4 is 0 Å². The first kappa shape index (κ1) is 14.2. The molecule has 0 saturated heterocycles. The topological polar surface area (TPSA) is 12.0 Å². The maximum Gasteiger partial charge on any atom is 0.131 e. The van der Waals surface area contributed by atoms with E-state index in [0.29, 0.717) is 11.5 Å². The molecule has 0 heterocycles. The van der Waals surface area contributed by atoms with E-state index in [1.165, 1.54) is 37.0 Å². The average Bonchev–Trinajstić information content (AvgIpc) is 2.41. The van der Waals surface area contributed by atoms with Crippen LogP contribution in [0, 0.1) is 11.6 Å². The van der Waals surface area contributed by atoms with Crippen LogP contribution in [0.5, 0.6) is 0 Å². The summed E-state index contributed by atoms with van der Waals surface area (Å²) in [6.07, 6.45) is 3.65. The van der Waals surface area contributed by atoms with Gasteiger partial charge in [-0.25, -0.2) is 8.78 Å². The van der Waals surface area contributed by atoms with Crippen molar-refractivity contribution in [3.63, 3.8) is 0 Å². The first-order valence-electron chi connectivity index (χ1n) is 7.41. The van der Waals surface area contributed by atoms with Crippen molar-refractivity contribution in [3.8, 4) is 0 Å². The summed E-state index contributed by atoms with van der Waals surface area (Å²) in [6, 6.07) is 11.7. The van der Waals surface area contributed by atoms with Crippen molar-refractivity contribution < 1.29 is 8.78 Å². The normalized spacial score (nSPS) is 16.5. The zero-order valence-electron chi connectivity index (χ0n) is 12.1. The predicted molar refractivity (Wildman–Crippen MR) is 80.3 cm³/mol. The van der Waals surface area contributed by atoms with Crippen molar-refractivity contribution in [3.05, 3.63) is 70.8 Å². The number of hydrogen-bond acceptors (Lipinski definition) is 1. The fourth-order valence-corrected chi connectivity index (χ4v) is 3.08. The molecule has 3 rings (SSSR count). The standard InChI is InChI=1S/C18H19F2N/c1-21-18(16-10-9-13(19)11-17(16)20)15-8-3-2-7-14(15)12-5-4-6-12/h2-3,7-12,18,21H,4-6H2,1H3. The summed E-state index contributed by atoms with van der Waals surface area (Å²) in [5, 5.41) is 3.18. The molecule has 2 aromatic carbocycles. The second kappa shape index (κ2) is 5.94. The minimum Gasteiger partial charge on any atom is -0.309 e. The summed E-state index contributed by atoms with van der Waals surface area (Å²) >= 11 is 0. The van der Waals surface area contributed by atoms with Gasteiger partial charge in [0, 0.05) is 11.6 Å². The number of benzene rings is 2. The molecule has 1 unspecified atom stereocenters. The number of hydrogen-bond donors (Lipinski definition) is 1. The molecule has 1 aliphatic rings. The molecule has 1 saturated carbocycles. The van der Waals surface area contributed by atoms with Crippen LogP contribution >= 0.6 is 0 Å². The van der Waals surface area contributed by atoms with Crippen molar-refractivity contribution in [2.24, 2.45) is 0 Å². The maximum absolute atomic E-state index is 14.1. The van der Waals surface area contributed by atoms with Crippen LogP contribution in [0.1, 0.15) is 47.9 Å². The summed E-state index contributed by atoms with van der Waals surface area (Å²) in [7, 11) is 1.81. The lowest BCUT2D eigenvalue weighted by Gasteiger charge is -2.30. The lowest BCUT2D eigenvalue weighted by Crippen LogP contribution is -2.22. The lowest BCUT2D eigenvalue weighted by atomic mass is 9.76. The Morgan fingerprint density at radius 3 is 2.43 bits per heavy atom. The van der Waals surface area contributed by atoms with E-state index in [9.17, 15) is 8.78 Å². The third kappa shape index (κ3) is 2.70. The molecule has 0 aromatic heterocycles. The van der Waals surface area contributed by atoms with Gasteiger partial charge in [0.1, 0.15) is 11.6 Å². The van der Waals surface area contributed by atoms with E-state index < -0.39 is 11.6 Å². The highest BCUT2D eigenvalue weighted by Crippen LogP contribution is 2.40. The third-order valence-corrected chi connectivity index (χ3v) is 4.41. The van der Waals surface area contributed by atoms with Gasteiger partial charge in [-0.1, -0.05) is 36.8 Å². The van der Waals surface area contributed by atoms with E-state index in [1.54, 1.807) is 0 Å². The molecular weight excluding hydrogens is 268 g/mol. The van der Waals surface area contributed by atoms with Gasteiger partial charge in [0.05, 0.1) is 6.04 Å². The minimum absolute atomic E-state index is 0.248. The molecule has 0 radical (unpaired) electrons. The molecule has 3 heteroatoms. The van der Waals surface area contributed by atoms with Gasteiger partial charge in [-0.2, -0.15) is 0 Å². The fourth-order valence-electron chi connectivity index (χ4n) is 3.08. The van der Waals surface area contributed by atoms with Gasteiger partial charge in [-0.05, 0) is 43.0 Å². The van der Waals surface area contributed by atoms with E-state index in [0.717, 1.165) is 11.6 Å². The average molecular weight is 287 g/mol. The quantitative estimate of drug-likeness (QED) is 0.870. The predicted octanol–water partition coefficient (Wildman–Crippen LogP) is 4.54. The number of nitrogens with one attached hydrogen (secondary N) is 1. The molecule has 1 atom stereocenters. The van der Waals surface area contributed by atoms with Crippen LogP contribution < -0.4 is 5.32 Å². The smallest absolute Gasteiger partial charge is 0.131 e. The summed E-state index contributed by atoms with van der Waals surface area (Å²) in [5.41, 5.74) is 2.87. The molecule has 0 spiro atoms. The van der Waals surface area contributed by atoms with Gasteiger partial charge < -0.3 is 5.32 Å². The maximum atomic E-state index is 14.1. The van der Waals surface area contributed by atoms with Gasteiger partial charge in [0.25, 0.3) is 0 Å². The molecule has 21 heavy (non-hydrogen) atoms. The Kier molecular flexibility index (Phi) is 4.02. The Morgan fingerprint density at radius 2 is 1.81 bits per heavy atom. The van der Waals surface area contributed by atoms with Crippen molar-refractivity contribution in [1.82, 2.24) is 5.32 Å². The first-order valence-corrected chi connectivity index (χ1v) is 7.41. The van der Waals surface area contributed by atoms with Gasteiger partial charge in [-0.15, -0.1) is 0 Å². The van der Waals surface area contributed by atoms with E-state index >= 15 is 0 Å². The van der Waals surface area contributed by atoms with Gasteiger partial charge in [0.15, 0.2) is 0 Å². The lowest BCUT2D eigenvalue weighted by molar-refractivity contribution is 0.414. The Balaban J connectivity index is 2.03. The minimum atomic E-state index is -0.543. The Bertz CT molecular complexity index is 635. The van der Waals surface area contributed by atoms with Crippen LogP contribution in [-0.4, -0.2) is 7.05 Å². The van der Waals surface area contributed by atoms with Crippen LogP contribution in [0.4, 0.5) is 8.78 Å². The second-order valence-corrected chi connectivity index (χ2v) is 5.64. The van der Waals surface area contributed by atoms with E-state index in [4.69, 9.17) is 0 Å². The zero-order chi connectivity index (χ0) is 14.8. The van der Waals surface area contributed by atoms with E-state index in [1.807, 2.05) is 25.2 Å². The monoisotopic (exact) mass is 287 g/mol. The van der Waals surface area contributed by atoms with Crippen LogP contribution in [0.15, 0.2) is 42.5 Å². The third-order valence-electron chi connectivity index (χ3n) is 4.41. The molecular formula is C18H19F2N. The Hall–Kier alpha value is -1.74. The summed E-state index contributed by atoms with van der Waals surface area (Å²) in [5.74, 6) is -0.475. The van der Waals surface area contributed by atoms with Crippen LogP contribution in [0.3, 0.4) is 0 Å². The molecule has 1 N–H and O–H groups in total. The molecule has 0 aliphatic heterocycles. The molecule has 110 valence electrons. The highest BCUT2D eigenvalue weighted by Gasteiger charge is 2.26. The number of rotatable bonds is 4. The summed E-state index contributed by atoms with van der Waals surface area (Å²) < 4.78 is 27.3. The van der Waals surface area contributed by atoms with Gasteiger partial charge in [-0.3, -0.25) is 0 Å². The Morgan fingerprint density at radius 1 is 1.05 bits per heavy atom. The van der Waals surface area contributed by atoms with Crippen LogP contribution in [0.25, 0.3) is 0 Å². The summed E-state index contributed by atoms with van der Waals surface area (Å²) in [6.45, 7) is 0. The van der Waals surface area contributed by atoms with Crippen molar-refractivity contribution in [1.29, 1.82) is 0 Å². The van der Waals surface area contributed by atoms with Gasteiger partial charge >= 0.3 is 0 Å². The first-order chi connectivity index (χ1) is 10.2. The molecule has 1 nitrogen and oxygen atoms in total. The Labute approximate surface area is 124 Å². The molecule has 1 fully saturated rings. The van der Waals surface area contributed by atoms with E-state index in [-0.39, 0.29) is 6.04 Å². The number of halogens is 2. The SMILES string of the molecule is CNC(c1ccc(F)cc1F)c1ccccc1C1CCC1. The zero-order valence-corrected chi connectivity index (χ0v) is 12.1. The molecule has 1 aliphatic carbocycles. The van der Waals surface area contributed by atoms with E-state index in [2.05, 4.69) is 11.4 Å². The molecule has 0 amide bonds. The van der Waals surface area contributed by atoms with Crippen molar-refractivity contribution in [2.75, 3.05) is 7.05 Å². The highest BCUT2D eigenvalue weighted by molar-refractivity contribution is 5.40. The van der Waals surface area contributed by atoms with Crippen molar-refractivity contribution in [2.45, 2.75) is 31.2 Å². The highest BCUT2D eigenvalue weighted by atomic mass is 19.1. The molecule has 0 bridgehead atoms.